The van der Waals surface area contributed by atoms with Crippen LogP contribution in [-0.4, -0.2) is 11.8 Å². The molecule has 2 atom stereocenters. The second-order valence-electron chi connectivity index (χ2n) is 6.55. The van der Waals surface area contributed by atoms with Crippen LogP contribution in [0, 0.1) is 16.6 Å². The molecule has 3 nitrogen and oxygen atoms in total. The second-order valence-corrected chi connectivity index (χ2v) is 6.55. The van der Waals surface area contributed by atoms with Crippen molar-refractivity contribution in [2.24, 2.45) is 10.8 Å². The van der Waals surface area contributed by atoms with Gasteiger partial charge < -0.3 is 0 Å². The fourth-order valence-electron chi connectivity index (χ4n) is 3.47. The zero-order valence-electron chi connectivity index (χ0n) is 11.7. The van der Waals surface area contributed by atoms with Gasteiger partial charge in [-0.05, 0) is 41.4 Å². The highest BCUT2D eigenvalue weighted by atomic mass is 19.1. The molecule has 1 N–H and O–H groups in total. The van der Waals surface area contributed by atoms with Gasteiger partial charge in [0.05, 0.1) is 5.92 Å². The van der Waals surface area contributed by atoms with E-state index in [4.69, 9.17) is 0 Å². The van der Waals surface area contributed by atoms with E-state index in [2.05, 4.69) is 12.2 Å². The Morgan fingerprint density at radius 3 is 2.30 bits per heavy atom. The Hall–Kier alpha value is -1.71. The zero-order chi connectivity index (χ0) is 14.5. The van der Waals surface area contributed by atoms with Crippen molar-refractivity contribution >= 4 is 11.8 Å². The third kappa shape index (κ3) is 1.86. The van der Waals surface area contributed by atoms with Crippen LogP contribution in [-0.2, 0) is 9.59 Å². The molecule has 1 aliphatic carbocycles. The number of hydrogen-bond donors (Lipinski definition) is 1. The summed E-state index contributed by atoms with van der Waals surface area (Å²) in [6, 6.07) is 6.04. The van der Waals surface area contributed by atoms with E-state index in [1.807, 2.05) is 6.92 Å². The third-order valence-electron chi connectivity index (χ3n) is 5.27. The molecule has 4 heteroatoms. The minimum absolute atomic E-state index is 0.0134. The lowest BCUT2D eigenvalue weighted by atomic mass is 9.60. The average Bonchev–Trinajstić information content (AvgIpc) is 3.10. The molecule has 1 saturated heterocycles. The molecular formula is C16H18FNO2. The molecule has 1 saturated carbocycles. The summed E-state index contributed by atoms with van der Waals surface area (Å²) in [4.78, 5) is 24.2. The maximum absolute atomic E-state index is 13.1. The number of imide groups is 1. The van der Waals surface area contributed by atoms with Gasteiger partial charge in [0.25, 0.3) is 0 Å². The van der Waals surface area contributed by atoms with Crippen LogP contribution in [0.15, 0.2) is 24.3 Å². The second kappa shape index (κ2) is 4.14. The van der Waals surface area contributed by atoms with Crippen LogP contribution in [0.25, 0.3) is 0 Å². The average molecular weight is 275 g/mol. The quantitative estimate of drug-likeness (QED) is 0.844. The van der Waals surface area contributed by atoms with Gasteiger partial charge >= 0.3 is 0 Å². The molecule has 0 bridgehead atoms. The number of halogens is 1. The highest BCUT2D eigenvalue weighted by Crippen LogP contribution is 2.65. The van der Waals surface area contributed by atoms with Crippen molar-refractivity contribution in [2.45, 2.75) is 39.0 Å². The number of nitrogens with one attached hydrogen (secondary N) is 1. The molecule has 1 aromatic rings. The first-order chi connectivity index (χ1) is 9.36. The molecule has 1 aromatic carbocycles. The van der Waals surface area contributed by atoms with Gasteiger partial charge in [-0.1, -0.05) is 26.0 Å². The standard InChI is InChI=1S/C16H18FNO2/c1-15(7-8-15)16(2)9-12(19)18-14(20)13(16)10-3-5-11(17)6-4-10/h3-6,13H,7-9H2,1-2H3,(H,18,19,20). The number of carbonyl (C=O) groups is 2. The van der Waals surface area contributed by atoms with Crippen LogP contribution < -0.4 is 5.32 Å². The number of carbonyl (C=O) groups excluding carboxylic acids is 2. The normalized spacial score (nSPS) is 31.9. The summed E-state index contributed by atoms with van der Waals surface area (Å²) in [5.41, 5.74) is 0.399. The fraction of sp³-hybridized carbons (Fsp3) is 0.500. The summed E-state index contributed by atoms with van der Waals surface area (Å²) in [6.07, 6.45) is 2.40. The highest BCUT2D eigenvalue weighted by Gasteiger charge is 2.61. The smallest absolute Gasteiger partial charge is 0.234 e. The first-order valence-corrected chi connectivity index (χ1v) is 6.95. The van der Waals surface area contributed by atoms with Crippen molar-refractivity contribution in [3.05, 3.63) is 35.6 Å². The number of hydrogen-bond acceptors (Lipinski definition) is 2. The van der Waals surface area contributed by atoms with E-state index < -0.39 is 11.3 Å². The third-order valence-corrected chi connectivity index (χ3v) is 5.27. The largest absolute Gasteiger partial charge is 0.296 e. The van der Waals surface area contributed by atoms with Crippen LogP contribution in [0.2, 0.25) is 0 Å². The Morgan fingerprint density at radius 2 is 1.75 bits per heavy atom. The van der Waals surface area contributed by atoms with E-state index in [9.17, 15) is 14.0 Å². The topological polar surface area (TPSA) is 46.2 Å². The molecule has 0 aromatic heterocycles. The van der Waals surface area contributed by atoms with Crippen molar-refractivity contribution in [3.63, 3.8) is 0 Å². The Kier molecular flexibility index (Phi) is 2.75. The minimum atomic E-state index is -0.399. The van der Waals surface area contributed by atoms with Gasteiger partial charge in [0.1, 0.15) is 5.82 Å². The van der Waals surface area contributed by atoms with E-state index in [0.29, 0.717) is 6.42 Å². The van der Waals surface area contributed by atoms with Crippen molar-refractivity contribution in [1.82, 2.24) is 5.32 Å². The van der Waals surface area contributed by atoms with Gasteiger partial charge in [-0.2, -0.15) is 0 Å². The lowest BCUT2D eigenvalue weighted by Crippen LogP contribution is -2.52. The molecule has 2 fully saturated rings. The van der Waals surface area contributed by atoms with Gasteiger partial charge in [0.15, 0.2) is 0 Å². The van der Waals surface area contributed by atoms with Crippen molar-refractivity contribution in [1.29, 1.82) is 0 Å². The van der Waals surface area contributed by atoms with E-state index in [-0.39, 0.29) is 23.0 Å². The maximum atomic E-state index is 13.1. The first-order valence-electron chi connectivity index (χ1n) is 6.95. The lowest BCUT2D eigenvalue weighted by molar-refractivity contribution is -0.142. The van der Waals surface area contributed by atoms with E-state index >= 15 is 0 Å². The van der Waals surface area contributed by atoms with Gasteiger partial charge in [-0.25, -0.2) is 4.39 Å². The summed E-state index contributed by atoms with van der Waals surface area (Å²) in [5, 5.41) is 2.43. The molecule has 2 aliphatic rings. The van der Waals surface area contributed by atoms with Gasteiger partial charge in [0, 0.05) is 6.42 Å². The van der Waals surface area contributed by atoms with Crippen molar-refractivity contribution in [2.75, 3.05) is 0 Å². The number of piperidine rings is 1. The first kappa shape index (κ1) is 13.3. The molecular weight excluding hydrogens is 257 g/mol. The Labute approximate surface area is 117 Å². The Bertz CT molecular complexity index is 577. The lowest BCUT2D eigenvalue weighted by Gasteiger charge is -2.45. The summed E-state index contributed by atoms with van der Waals surface area (Å²) in [5.74, 6) is -1.18. The molecule has 0 spiro atoms. The van der Waals surface area contributed by atoms with E-state index in [0.717, 1.165) is 18.4 Å². The summed E-state index contributed by atoms with van der Waals surface area (Å²) < 4.78 is 13.1. The van der Waals surface area contributed by atoms with Gasteiger partial charge in [0.2, 0.25) is 11.8 Å². The van der Waals surface area contributed by atoms with Crippen LogP contribution in [0.3, 0.4) is 0 Å². The molecule has 20 heavy (non-hydrogen) atoms. The molecule has 3 rings (SSSR count). The zero-order valence-corrected chi connectivity index (χ0v) is 11.7. The summed E-state index contributed by atoms with van der Waals surface area (Å²) in [7, 11) is 0. The van der Waals surface area contributed by atoms with Gasteiger partial charge in [-0.15, -0.1) is 0 Å². The van der Waals surface area contributed by atoms with Gasteiger partial charge in [-0.3, -0.25) is 14.9 Å². The van der Waals surface area contributed by atoms with Crippen molar-refractivity contribution < 1.29 is 14.0 Å². The molecule has 1 aliphatic heterocycles. The number of amides is 2. The summed E-state index contributed by atoms with van der Waals surface area (Å²) in [6.45, 7) is 4.15. The molecule has 2 unspecified atom stereocenters. The molecule has 0 radical (unpaired) electrons. The molecule has 1 heterocycles. The molecule has 106 valence electrons. The number of rotatable bonds is 2. The van der Waals surface area contributed by atoms with E-state index in [1.54, 1.807) is 12.1 Å². The predicted molar refractivity (Wildman–Crippen MR) is 72.4 cm³/mol. The Morgan fingerprint density at radius 1 is 1.15 bits per heavy atom. The minimum Gasteiger partial charge on any atom is -0.296 e. The molecule has 2 amide bonds. The predicted octanol–water partition coefficient (Wildman–Crippen LogP) is 2.76. The van der Waals surface area contributed by atoms with Crippen LogP contribution >= 0.6 is 0 Å². The van der Waals surface area contributed by atoms with Crippen LogP contribution in [0.5, 0.6) is 0 Å². The van der Waals surface area contributed by atoms with Crippen LogP contribution in [0.4, 0.5) is 4.39 Å². The SMILES string of the molecule is CC1(C2(C)CC(=O)NC(=O)C2c2ccc(F)cc2)CC1. The number of benzene rings is 1. The van der Waals surface area contributed by atoms with E-state index in [1.165, 1.54) is 12.1 Å². The van der Waals surface area contributed by atoms with Crippen LogP contribution in [0.1, 0.15) is 44.6 Å². The Balaban J connectivity index is 2.06. The van der Waals surface area contributed by atoms with Crippen molar-refractivity contribution in [3.8, 4) is 0 Å². The summed E-state index contributed by atoms with van der Waals surface area (Å²) >= 11 is 0. The monoisotopic (exact) mass is 275 g/mol. The maximum Gasteiger partial charge on any atom is 0.234 e. The fourth-order valence-corrected chi connectivity index (χ4v) is 3.47. The highest BCUT2D eigenvalue weighted by molar-refractivity contribution is 6.02.